The van der Waals surface area contributed by atoms with Gasteiger partial charge in [-0.3, -0.25) is 0 Å². The number of methoxy groups -OCH3 is 1. The predicted octanol–water partition coefficient (Wildman–Crippen LogP) is 1.08. The molecule has 2 rings (SSSR count). The molecule has 0 atom stereocenters. The minimum Gasteiger partial charge on any atom is -0.481 e. The van der Waals surface area contributed by atoms with Gasteiger partial charge in [-0.2, -0.15) is 0 Å². The highest BCUT2D eigenvalue weighted by atomic mass is 16.5. The van der Waals surface area contributed by atoms with Crippen LogP contribution >= 0.6 is 0 Å². The topological polar surface area (TPSA) is 48.1 Å². The first-order valence-electron chi connectivity index (χ1n) is 4.52. The first kappa shape index (κ1) is 8.51. The van der Waals surface area contributed by atoms with Gasteiger partial charge < -0.3 is 10.5 Å². The summed E-state index contributed by atoms with van der Waals surface area (Å²) in [6.45, 7) is 0.688. The number of ether oxygens (including phenoxy) is 1. The molecule has 0 unspecified atom stereocenters. The van der Waals surface area contributed by atoms with E-state index in [0.717, 1.165) is 18.5 Å². The molecule has 2 N–H and O–H groups in total. The van der Waals surface area contributed by atoms with Crippen molar-refractivity contribution in [2.24, 2.45) is 5.73 Å². The van der Waals surface area contributed by atoms with E-state index in [1.54, 1.807) is 7.11 Å². The lowest BCUT2D eigenvalue weighted by Gasteiger charge is -2.11. The zero-order valence-electron chi connectivity index (χ0n) is 7.79. The van der Waals surface area contributed by atoms with Gasteiger partial charge in [0.2, 0.25) is 5.88 Å². The fraction of sp³-hybridized carbons (Fsp3) is 0.500. The minimum atomic E-state index is 0.161. The normalized spacial score (nSPS) is 18.3. The summed E-state index contributed by atoms with van der Waals surface area (Å²) in [7, 11) is 1.63. The van der Waals surface area contributed by atoms with Crippen LogP contribution in [0.4, 0.5) is 0 Å². The molecule has 0 radical (unpaired) electrons. The van der Waals surface area contributed by atoms with Crippen LogP contribution in [-0.2, 0) is 5.41 Å². The Morgan fingerprint density at radius 2 is 2.31 bits per heavy atom. The molecule has 1 aromatic heterocycles. The molecule has 0 bridgehead atoms. The number of hydrogen-bond acceptors (Lipinski definition) is 3. The number of hydrogen-bond donors (Lipinski definition) is 1. The number of pyridine rings is 1. The van der Waals surface area contributed by atoms with Gasteiger partial charge in [-0.25, -0.2) is 4.98 Å². The molecule has 1 aliphatic rings. The zero-order chi connectivity index (χ0) is 9.31. The lowest BCUT2D eigenvalue weighted by atomic mass is 10.0. The number of nitrogens with zero attached hydrogens (tertiary/aromatic N) is 1. The maximum Gasteiger partial charge on any atom is 0.213 e. The van der Waals surface area contributed by atoms with Crippen LogP contribution in [0.5, 0.6) is 5.88 Å². The van der Waals surface area contributed by atoms with Gasteiger partial charge in [0.25, 0.3) is 0 Å². The van der Waals surface area contributed by atoms with Gasteiger partial charge in [0.15, 0.2) is 0 Å². The summed E-state index contributed by atoms with van der Waals surface area (Å²) in [5.41, 5.74) is 6.95. The molecule has 0 aromatic carbocycles. The third-order valence-corrected chi connectivity index (χ3v) is 2.72. The molecular weight excluding hydrogens is 164 g/mol. The van der Waals surface area contributed by atoms with Crippen molar-refractivity contribution in [3.8, 4) is 5.88 Å². The van der Waals surface area contributed by atoms with Gasteiger partial charge in [0, 0.05) is 18.0 Å². The number of nitrogens with two attached hydrogens (primary N) is 1. The summed E-state index contributed by atoms with van der Waals surface area (Å²) >= 11 is 0. The second kappa shape index (κ2) is 3.00. The van der Waals surface area contributed by atoms with Crippen LogP contribution in [0.25, 0.3) is 0 Å². The monoisotopic (exact) mass is 178 g/mol. The molecule has 3 heteroatoms. The standard InChI is InChI=1S/C10H14N2O/c1-13-9-4-2-3-8(12-9)10(7-11)5-6-10/h2-4H,5-7,11H2,1H3. The van der Waals surface area contributed by atoms with Crippen molar-refractivity contribution in [2.75, 3.05) is 13.7 Å². The highest BCUT2D eigenvalue weighted by Crippen LogP contribution is 2.46. The van der Waals surface area contributed by atoms with Crippen molar-refractivity contribution in [3.63, 3.8) is 0 Å². The van der Waals surface area contributed by atoms with Gasteiger partial charge in [0.1, 0.15) is 0 Å². The van der Waals surface area contributed by atoms with E-state index in [9.17, 15) is 0 Å². The fourth-order valence-electron chi connectivity index (χ4n) is 1.54. The summed E-state index contributed by atoms with van der Waals surface area (Å²) in [6, 6.07) is 5.86. The first-order chi connectivity index (χ1) is 6.30. The van der Waals surface area contributed by atoms with Crippen LogP contribution in [0.15, 0.2) is 18.2 Å². The molecule has 1 aromatic rings. The van der Waals surface area contributed by atoms with Crippen molar-refractivity contribution >= 4 is 0 Å². The molecule has 0 amide bonds. The van der Waals surface area contributed by atoms with Gasteiger partial charge in [0.05, 0.1) is 12.8 Å². The molecule has 0 spiro atoms. The van der Waals surface area contributed by atoms with E-state index in [0.29, 0.717) is 12.4 Å². The summed E-state index contributed by atoms with van der Waals surface area (Å²) in [5.74, 6) is 0.678. The maximum absolute atomic E-state index is 5.71. The summed E-state index contributed by atoms with van der Waals surface area (Å²) in [5, 5.41) is 0. The predicted molar refractivity (Wildman–Crippen MR) is 50.8 cm³/mol. The lowest BCUT2D eigenvalue weighted by molar-refractivity contribution is 0.394. The van der Waals surface area contributed by atoms with E-state index in [1.165, 1.54) is 0 Å². The van der Waals surface area contributed by atoms with Crippen LogP contribution in [0.1, 0.15) is 18.5 Å². The Morgan fingerprint density at radius 3 is 2.85 bits per heavy atom. The Kier molecular flexibility index (Phi) is 1.96. The van der Waals surface area contributed by atoms with E-state index in [4.69, 9.17) is 10.5 Å². The van der Waals surface area contributed by atoms with E-state index < -0.39 is 0 Å². The molecule has 13 heavy (non-hydrogen) atoms. The molecular formula is C10H14N2O. The minimum absolute atomic E-state index is 0.161. The van der Waals surface area contributed by atoms with Gasteiger partial charge in [-0.15, -0.1) is 0 Å². The van der Waals surface area contributed by atoms with E-state index >= 15 is 0 Å². The highest BCUT2D eigenvalue weighted by Gasteiger charge is 2.44. The third-order valence-electron chi connectivity index (χ3n) is 2.72. The first-order valence-corrected chi connectivity index (χ1v) is 4.52. The quantitative estimate of drug-likeness (QED) is 0.753. The number of rotatable bonds is 3. The van der Waals surface area contributed by atoms with E-state index in [-0.39, 0.29) is 5.41 Å². The van der Waals surface area contributed by atoms with Gasteiger partial charge >= 0.3 is 0 Å². The Morgan fingerprint density at radius 1 is 1.54 bits per heavy atom. The summed E-state index contributed by atoms with van der Waals surface area (Å²) < 4.78 is 5.07. The van der Waals surface area contributed by atoms with Gasteiger partial charge in [-0.05, 0) is 18.9 Å². The average Bonchev–Trinajstić information content (AvgIpc) is 2.99. The van der Waals surface area contributed by atoms with Crippen LogP contribution in [0.2, 0.25) is 0 Å². The van der Waals surface area contributed by atoms with Crippen LogP contribution < -0.4 is 10.5 Å². The van der Waals surface area contributed by atoms with Crippen molar-refractivity contribution in [2.45, 2.75) is 18.3 Å². The summed E-state index contributed by atoms with van der Waals surface area (Å²) in [4.78, 5) is 4.39. The van der Waals surface area contributed by atoms with Crippen LogP contribution in [0.3, 0.4) is 0 Å². The van der Waals surface area contributed by atoms with Crippen molar-refractivity contribution in [1.29, 1.82) is 0 Å². The zero-order valence-corrected chi connectivity index (χ0v) is 7.79. The molecule has 1 saturated carbocycles. The smallest absolute Gasteiger partial charge is 0.213 e. The Bertz CT molecular complexity index is 308. The van der Waals surface area contributed by atoms with Gasteiger partial charge in [-0.1, -0.05) is 6.07 Å². The molecule has 0 saturated heterocycles. The lowest BCUT2D eigenvalue weighted by Crippen LogP contribution is -2.20. The second-order valence-corrected chi connectivity index (χ2v) is 3.55. The van der Waals surface area contributed by atoms with Crippen LogP contribution in [0, 0.1) is 0 Å². The summed E-state index contributed by atoms with van der Waals surface area (Å²) in [6.07, 6.45) is 2.31. The molecule has 0 aliphatic heterocycles. The molecule has 1 fully saturated rings. The Balaban J connectivity index is 2.30. The second-order valence-electron chi connectivity index (χ2n) is 3.55. The van der Waals surface area contributed by atoms with Crippen molar-refractivity contribution in [1.82, 2.24) is 4.98 Å². The highest BCUT2D eigenvalue weighted by molar-refractivity contribution is 5.28. The molecule has 3 nitrogen and oxygen atoms in total. The largest absolute Gasteiger partial charge is 0.481 e. The maximum atomic E-state index is 5.71. The molecule has 1 aliphatic carbocycles. The third kappa shape index (κ3) is 1.40. The van der Waals surface area contributed by atoms with E-state index in [1.807, 2.05) is 18.2 Å². The van der Waals surface area contributed by atoms with Crippen molar-refractivity contribution < 1.29 is 4.74 Å². The SMILES string of the molecule is COc1cccc(C2(CN)CC2)n1. The molecule has 1 heterocycles. The average molecular weight is 178 g/mol. The van der Waals surface area contributed by atoms with E-state index in [2.05, 4.69) is 4.98 Å². The van der Waals surface area contributed by atoms with Crippen LogP contribution in [-0.4, -0.2) is 18.6 Å². The Hall–Kier alpha value is -1.09. The molecule has 70 valence electrons. The fourth-order valence-corrected chi connectivity index (χ4v) is 1.54. The Labute approximate surface area is 77.9 Å². The number of aromatic nitrogens is 1. The van der Waals surface area contributed by atoms with Crippen molar-refractivity contribution in [3.05, 3.63) is 23.9 Å².